The number of halogens is 1. The van der Waals surface area contributed by atoms with Crippen molar-refractivity contribution in [1.82, 2.24) is 5.43 Å². The van der Waals surface area contributed by atoms with Gasteiger partial charge in [0.1, 0.15) is 11.5 Å². The van der Waals surface area contributed by atoms with Crippen molar-refractivity contribution in [3.05, 3.63) is 56.8 Å². The highest BCUT2D eigenvalue weighted by Crippen LogP contribution is 2.26. The second kappa shape index (κ2) is 6.72. The van der Waals surface area contributed by atoms with Crippen LogP contribution in [0.1, 0.15) is 11.3 Å². The third-order valence-electron chi connectivity index (χ3n) is 2.64. The van der Waals surface area contributed by atoms with Gasteiger partial charge in [0.25, 0.3) is 5.96 Å². The number of furan rings is 1. The van der Waals surface area contributed by atoms with Crippen LogP contribution < -0.4 is 11.2 Å². The van der Waals surface area contributed by atoms with Gasteiger partial charge in [-0.3, -0.25) is 0 Å². The smallest absolute Gasteiger partial charge is 0.275 e. The lowest BCUT2D eigenvalue weighted by atomic mass is 10.1. The van der Waals surface area contributed by atoms with Crippen molar-refractivity contribution in [2.45, 2.75) is 6.92 Å². The number of benzene rings is 1. The Morgan fingerprint density at radius 1 is 1.45 bits per heavy atom. The number of hydrogen-bond donors (Lipinski definition) is 2. The second-order valence-corrected chi connectivity index (χ2v) is 4.67. The zero-order valence-electron chi connectivity index (χ0n) is 11.5. The van der Waals surface area contributed by atoms with Crippen LogP contribution in [0.4, 0.5) is 0 Å². The Kier molecular flexibility index (Phi) is 4.74. The van der Waals surface area contributed by atoms with Gasteiger partial charge in [-0.25, -0.2) is 10.1 Å². The fourth-order valence-corrected chi connectivity index (χ4v) is 1.77. The molecule has 0 aliphatic heterocycles. The molecule has 0 bridgehead atoms. The molecule has 0 fully saturated rings. The molecule has 2 rings (SSSR count). The van der Waals surface area contributed by atoms with Gasteiger partial charge in [-0.1, -0.05) is 29.2 Å². The monoisotopic (exact) mass is 321 g/mol. The average Bonchev–Trinajstić information content (AvgIpc) is 2.90. The van der Waals surface area contributed by atoms with E-state index in [1.807, 2.05) is 19.1 Å². The number of nitrogens with zero attached hydrogens (tertiary/aromatic N) is 3. The van der Waals surface area contributed by atoms with Gasteiger partial charge in [0, 0.05) is 10.6 Å². The lowest BCUT2D eigenvalue weighted by Gasteiger charge is -2.00. The van der Waals surface area contributed by atoms with Crippen molar-refractivity contribution in [3.63, 3.8) is 0 Å². The van der Waals surface area contributed by atoms with Crippen LogP contribution >= 0.6 is 11.6 Å². The highest BCUT2D eigenvalue weighted by Gasteiger charge is 2.05. The predicted octanol–water partition coefficient (Wildman–Crippen LogP) is 2.34. The number of nitrogens with one attached hydrogen (secondary N) is 1. The molecule has 0 unspecified atom stereocenters. The van der Waals surface area contributed by atoms with E-state index in [-0.39, 0.29) is 0 Å². The molecule has 1 heterocycles. The van der Waals surface area contributed by atoms with Gasteiger partial charge in [-0.05, 0) is 30.7 Å². The zero-order valence-corrected chi connectivity index (χ0v) is 12.2. The number of guanidine groups is 1. The SMILES string of the molecule is Cc1ccc(-c2ccc(C=NN=C(N)N[N+](=O)[O-])o2)cc1Cl. The number of hydrogen-bond acceptors (Lipinski definition) is 5. The van der Waals surface area contributed by atoms with Gasteiger partial charge in [-0.2, -0.15) is 5.10 Å². The van der Waals surface area contributed by atoms with E-state index in [1.165, 1.54) is 6.21 Å². The first-order valence-corrected chi connectivity index (χ1v) is 6.47. The molecule has 1 aromatic heterocycles. The summed E-state index contributed by atoms with van der Waals surface area (Å²) >= 11 is 6.07. The van der Waals surface area contributed by atoms with E-state index in [2.05, 4.69) is 10.2 Å². The predicted molar refractivity (Wildman–Crippen MR) is 83.2 cm³/mol. The van der Waals surface area contributed by atoms with Crippen molar-refractivity contribution in [1.29, 1.82) is 0 Å². The van der Waals surface area contributed by atoms with E-state index in [4.69, 9.17) is 21.8 Å². The van der Waals surface area contributed by atoms with Gasteiger partial charge < -0.3 is 10.2 Å². The van der Waals surface area contributed by atoms with Gasteiger partial charge in [0.2, 0.25) is 0 Å². The first kappa shape index (κ1) is 15.5. The molecule has 0 saturated carbocycles. The molecule has 2 aromatic rings. The Bertz CT molecular complexity index is 754. The molecular formula is C13H12ClN5O3. The molecule has 0 aliphatic rings. The van der Waals surface area contributed by atoms with Crippen LogP contribution in [0.25, 0.3) is 11.3 Å². The van der Waals surface area contributed by atoms with Gasteiger partial charge >= 0.3 is 0 Å². The molecular weight excluding hydrogens is 310 g/mol. The summed E-state index contributed by atoms with van der Waals surface area (Å²) in [4.78, 5) is 10.1. The minimum atomic E-state index is -0.833. The molecule has 0 atom stereocenters. The van der Waals surface area contributed by atoms with Crippen LogP contribution in [-0.4, -0.2) is 17.2 Å². The molecule has 3 N–H and O–H groups in total. The summed E-state index contributed by atoms with van der Waals surface area (Å²) in [6.07, 6.45) is 1.29. The van der Waals surface area contributed by atoms with Crippen LogP contribution in [0.15, 0.2) is 45.0 Å². The Balaban J connectivity index is 2.11. The van der Waals surface area contributed by atoms with Gasteiger partial charge in [0.15, 0.2) is 5.03 Å². The van der Waals surface area contributed by atoms with Crippen molar-refractivity contribution in [3.8, 4) is 11.3 Å². The minimum absolute atomic E-state index is 0.421. The average molecular weight is 322 g/mol. The number of rotatable bonds is 4. The van der Waals surface area contributed by atoms with E-state index < -0.39 is 11.0 Å². The lowest BCUT2D eigenvalue weighted by Crippen LogP contribution is -2.35. The highest BCUT2D eigenvalue weighted by molar-refractivity contribution is 6.31. The summed E-state index contributed by atoms with van der Waals surface area (Å²) in [7, 11) is 0. The summed E-state index contributed by atoms with van der Waals surface area (Å²) in [5.41, 5.74) is 8.67. The molecule has 22 heavy (non-hydrogen) atoms. The Labute approximate surface area is 130 Å². The molecule has 0 spiro atoms. The summed E-state index contributed by atoms with van der Waals surface area (Å²) in [5.74, 6) is 0.603. The van der Waals surface area contributed by atoms with Crippen molar-refractivity contribution < 1.29 is 9.45 Å². The van der Waals surface area contributed by atoms with Crippen LogP contribution in [-0.2, 0) is 0 Å². The van der Waals surface area contributed by atoms with Gasteiger partial charge in [-0.15, -0.1) is 5.10 Å². The van der Waals surface area contributed by atoms with Crippen molar-refractivity contribution >= 4 is 23.8 Å². The quantitative estimate of drug-likeness (QED) is 0.387. The molecule has 9 heteroatoms. The van der Waals surface area contributed by atoms with Crippen LogP contribution in [0.5, 0.6) is 0 Å². The number of nitro groups is 1. The number of hydrazine groups is 1. The second-order valence-electron chi connectivity index (χ2n) is 4.26. The largest absolute Gasteiger partial charge is 0.455 e. The first-order valence-electron chi connectivity index (χ1n) is 6.09. The van der Waals surface area contributed by atoms with Gasteiger partial charge in [0.05, 0.1) is 6.21 Å². The summed E-state index contributed by atoms with van der Waals surface area (Å²) in [6.45, 7) is 1.91. The molecule has 0 amide bonds. The first-order chi connectivity index (χ1) is 10.5. The topological polar surface area (TPSA) is 119 Å². The normalized spacial score (nSPS) is 11.8. The molecule has 0 radical (unpaired) electrons. The molecule has 114 valence electrons. The van der Waals surface area contributed by atoms with Crippen molar-refractivity contribution in [2.75, 3.05) is 0 Å². The molecule has 0 saturated heterocycles. The molecule has 1 aromatic carbocycles. The third-order valence-corrected chi connectivity index (χ3v) is 3.05. The zero-order chi connectivity index (χ0) is 16.1. The van der Waals surface area contributed by atoms with E-state index in [1.54, 1.807) is 23.6 Å². The fourth-order valence-electron chi connectivity index (χ4n) is 1.59. The van der Waals surface area contributed by atoms with Crippen molar-refractivity contribution in [2.24, 2.45) is 15.9 Å². The Morgan fingerprint density at radius 3 is 2.91 bits per heavy atom. The Morgan fingerprint density at radius 2 is 2.23 bits per heavy atom. The van der Waals surface area contributed by atoms with E-state index >= 15 is 0 Å². The minimum Gasteiger partial charge on any atom is -0.455 e. The van der Waals surface area contributed by atoms with E-state index in [0.29, 0.717) is 16.5 Å². The maximum atomic E-state index is 10.1. The summed E-state index contributed by atoms with van der Waals surface area (Å²) < 4.78 is 5.56. The highest BCUT2D eigenvalue weighted by atomic mass is 35.5. The summed E-state index contributed by atoms with van der Waals surface area (Å²) in [5, 5.41) is 16.9. The number of aryl methyl sites for hydroxylation is 1. The maximum Gasteiger partial charge on any atom is 0.275 e. The third kappa shape index (κ3) is 4.06. The molecule has 0 aliphatic carbocycles. The Hall–Kier alpha value is -2.87. The number of nitrogens with two attached hydrogens (primary N) is 1. The standard InChI is InChI=1S/C13H12ClN5O3/c1-8-2-3-9(6-11(8)14)12-5-4-10(22-12)7-16-17-13(15)18-19(20)21/h2-7H,1H3,(H3,15,17,18). The van der Waals surface area contributed by atoms with E-state index in [9.17, 15) is 10.1 Å². The van der Waals surface area contributed by atoms with Crippen LogP contribution in [0.3, 0.4) is 0 Å². The lowest BCUT2D eigenvalue weighted by molar-refractivity contribution is -0.525. The molecule has 8 nitrogen and oxygen atoms in total. The maximum absolute atomic E-state index is 10.1. The van der Waals surface area contributed by atoms with Crippen LogP contribution in [0.2, 0.25) is 5.02 Å². The van der Waals surface area contributed by atoms with Crippen LogP contribution in [0, 0.1) is 17.0 Å². The van der Waals surface area contributed by atoms with E-state index in [0.717, 1.165) is 11.1 Å². The summed E-state index contributed by atoms with van der Waals surface area (Å²) in [6, 6.07) is 9.01. The fraction of sp³-hybridized carbons (Fsp3) is 0.0769.